The van der Waals surface area contributed by atoms with Gasteiger partial charge in [-0.2, -0.15) is 0 Å². The third-order valence-electron chi connectivity index (χ3n) is 3.62. The van der Waals surface area contributed by atoms with E-state index in [2.05, 4.69) is 55.1 Å². The second kappa shape index (κ2) is 3.81. The fraction of sp³-hybridized carbons (Fsp3) is 0.267. The van der Waals surface area contributed by atoms with E-state index in [1.54, 1.807) is 0 Å². The minimum absolute atomic E-state index is 0.459. The maximum Gasteiger partial charge on any atom is 0.114 e. The van der Waals surface area contributed by atoms with Crippen molar-refractivity contribution in [3.63, 3.8) is 0 Å². The fourth-order valence-electron chi connectivity index (χ4n) is 2.56. The molecular weight excluding hydrogens is 226 g/mol. The lowest BCUT2D eigenvalue weighted by molar-refractivity contribution is 0.708. The first-order chi connectivity index (χ1) is 8.24. The lowest BCUT2D eigenvalue weighted by Crippen LogP contribution is -2.34. The van der Waals surface area contributed by atoms with Crippen LogP contribution in [0.15, 0.2) is 36.4 Å². The van der Waals surface area contributed by atoms with Crippen LogP contribution < -0.4 is 4.90 Å². The lowest BCUT2D eigenvalue weighted by Gasteiger charge is -2.26. The highest BCUT2D eigenvalue weighted by atomic mass is 32.1. The van der Waals surface area contributed by atoms with Gasteiger partial charge in [0.25, 0.3) is 0 Å². The summed E-state index contributed by atoms with van der Waals surface area (Å²) in [6.07, 6.45) is 1.10. The summed E-state index contributed by atoms with van der Waals surface area (Å²) in [6.45, 7) is 4.44. The van der Waals surface area contributed by atoms with Gasteiger partial charge < -0.3 is 4.90 Å². The molecule has 3 rings (SSSR count). The van der Waals surface area contributed by atoms with Gasteiger partial charge >= 0.3 is 0 Å². The minimum Gasteiger partial charge on any atom is -0.329 e. The highest BCUT2D eigenvalue weighted by Gasteiger charge is 2.28. The topological polar surface area (TPSA) is 3.24 Å². The fourth-order valence-corrected chi connectivity index (χ4v) is 3.01. The Balaban J connectivity index is 2.30. The molecule has 0 saturated heterocycles. The number of nitrogens with zero attached hydrogens (tertiary/aromatic N) is 1. The van der Waals surface area contributed by atoms with Gasteiger partial charge in [0.15, 0.2) is 0 Å². The van der Waals surface area contributed by atoms with Crippen molar-refractivity contribution in [2.45, 2.75) is 26.3 Å². The molecule has 2 aromatic carbocycles. The largest absolute Gasteiger partial charge is 0.329 e. The van der Waals surface area contributed by atoms with E-state index in [0.29, 0.717) is 6.04 Å². The molecule has 1 aliphatic rings. The van der Waals surface area contributed by atoms with E-state index >= 15 is 0 Å². The van der Waals surface area contributed by atoms with Crippen molar-refractivity contribution in [2.24, 2.45) is 0 Å². The summed E-state index contributed by atoms with van der Waals surface area (Å²) in [5, 5.41) is 2.61. The van der Waals surface area contributed by atoms with Gasteiger partial charge in [0.05, 0.1) is 5.69 Å². The van der Waals surface area contributed by atoms with Crippen LogP contribution in [0.4, 0.5) is 5.69 Å². The minimum atomic E-state index is 0.459. The zero-order valence-electron chi connectivity index (χ0n) is 10.1. The Morgan fingerprint density at radius 2 is 1.88 bits per heavy atom. The Morgan fingerprint density at radius 1 is 1.18 bits per heavy atom. The van der Waals surface area contributed by atoms with Crippen LogP contribution in [0.2, 0.25) is 0 Å². The molecule has 0 saturated carbocycles. The summed E-state index contributed by atoms with van der Waals surface area (Å²) >= 11 is 5.63. The SMILES string of the molecule is CCC(C)N1C(=S)c2cccc3cccc1c23. The summed E-state index contributed by atoms with van der Waals surface area (Å²) in [5.74, 6) is 0. The summed E-state index contributed by atoms with van der Waals surface area (Å²) in [6, 6.07) is 13.3. The molecule has 86 valence electrons. The Kier molecular flexibility index (Phi) is 2.40. The number of hydrogen-bond acceptors (Lipinski definition) is 1. The van der Waals surface area contributed by atoms with Gasteiger partial charge in [0.2, 0.25) is 0 Å². The molecule has 1 atom stereocenters. The van der Waals surface area contributed by atoms with Crippen LogP contribution in [0, 0.1) is 0 Å². The van der Waals surface area contributed by atoms with E-state index in [0.717, 1.165) is 11.4 Å². The van der Waals surface area contributed by atoms with Crippen LogP contribution in [0.25, 0.3) is 10.8 Å². The number of anilines is 1. The first-order valence-corrected chi connectivity index (χ1v) is 6.50. The van der Waals surface area contributed by atoms with Crippen LogP contribution in [0.1, 0.15) is 25.8 Å². The van der Waals surface area contributed by atoms with Crippen LogP contribution in [-0.4, -0.2) is 11.0 Å². The Labute approximate surface area is 107 Å². The van der Waals surface area contributed by atoms with Crippen molar-refractivity contribution in [3.05, 3.63) is 42.0 Å². The van der Waals surface area contributed by atoms with E-state index in [1.165, 1.54) is 22.0 Å². The van der Waals surface area contributed by atoms with Gasteiger partial charge in [-0.1, -0.05) is 49.5 Å². The Bertz CT molecular complexity index is 598. The van der Waals surface area contributed by atoms with E-state index in [4.69, 9.17) is 12.2 Å². The third kappa shape index (κ3) is 1.40. The number of rotatable bonds is 2. The van der Waals surface area contributed by atoms with Crippen molar-refractivity contribution < 1.29 is 0 Å². The van der Waals surface area contributed by atoms with Crippen LogP contribution in [0.3, 0.4) is 0 Å². The molecule has 1 nitrogen and oxygen atoms in total. The molecule has 2 heteroatoms. The van der Waals surface area contributed by atoms with Gasteiger partial charge in [-0.15, -0.1) is 0 Å². The Morgan fingerprint density at radius 3 is 2.59 bits per heavy atom. The molecule has 1 unspecified atom stereocenters. The van der Waals surface area contributed by atoms with Crippen LogP contribution in [0.5, 0.6) is 0 Å². The molecule has 0 spiro atoms. The second-order valence-electron chi connectivity index (χ2n) is 4.61. The van der Waals surface area contributed by atoms with Crippen molar-refractivity contribution in [3.8, 4) is 0 Å². The molecule has 0 aromatic heterocycles. The normalized spacial score (nSPS) is 15.6. The zero-order chi connectivity index (χ0) is 12.0. The smallest absolute Gasteiger partial charge is 0.114 e. The van der Waals surface area contributed by atoms with E-state index < -0.39 is 0 Å². The summed E-state index contributed by atoms with van der Waals surface area (Å²) < 4.78 is 0. The highest BCUT2D eigenvalue weighted by Crippen LogP contribution is 2.39. The third-order valence-corrected chi connectivity index (χ3v) is 4.04. The van der Waals surface area contributed by atoms with Crippen LogP contribution in [-0.2, 0) is 0 Å². The van der Waals surface area contributed by atoms with Gasteiger partial charge in [-0.3, -0.25) is 0 Å². The van der Waals surface area contributed by atoms with Crippen molar-refractivity contribution in [1.29, 1.82) is 0 Å². The van der Waals surface area contributed by atoms with E-state index in [9.17, 15) is 0 Å². The molecule has 2 aromatic rings. The summed E-state index contributed by atoms with van der Waals surface area (Å²) in [7, 11) is 0. The van der Waals surface area contributed by atoms with Crippen LogP contribution >= 0.6 is 12.2 Å². The van der Waals surface area contributed by atoms with Gasteiger partial charge in [0.1, 0.15) is 4.99 Å². The predicted molar refractivity (Wildman–Crippen MR) is 77.9 cm³/mol. The molecule has 1 aliphatic heterocycles. The summed E-state index contributed by atoms with van der Waals surface area (Å²) in [5.41, 5.74) is 2.49. The standard InChI is InChI=1S/C15H15NS/c1-3-10(2)16-13-9-5-7-11-6-4-8-12(14(11)13)15(16)17/h4-10H,3H2,1-2H3. The molecule has 0 amide bonds. The van der Waals surface area contributed by atoms with Gasteiger partial charge in [-0.05, 0) is 24.8 Å². The molecule has 0 N–H and O–H groups in total. The monoisotopic (exact) mass is 241 g/mol. The number of benzene rings is 2. The molecule has 1 heterocycles. The number of thiocarbonyl (C=S) groups is 1. The van der Waals surface area contributed by atoms with E-state index in [1.807, 2.05) is 0 Å². The number of hydrogen-bond donors (Lipinski definition) is 0. The Hall–Kier alpha value is -1.41. The molecule has 17 heavy (non-hydrogen) atoms. The lowest BCUT2D eigenvalue weighted by atomic mass is 10.1. The summed E-state index contributed by atoms with van der Waals surface area (Å²) in [4.78, 5) is 3.28. The van der Waals surface area contributed by atoms with Crippen molar-refractivity contribution >= 4 is 33.7 Å². The first kappa shape index (κ1) is 10.7. The molecule has 0 bridgehead atoms. The average Bonchev–Trinajstić information content (AvgIpc) is 2.65. The molecule has 0 aliphatic carbocycles. The maximum atomic E-state index is 5.63. The average molecular weight is 241 g/mol. The maximum absolute atomic E-state index is 5.63. The predicted octanol–water partition coefficient (Wildman–Crippen LogP) is 4.13. The quantitative estimate of drug-likeness (QED) is 0.727. The van der Waals surface area contributed by atoms with Gasteiger partial charge in [-0.25, -0.2) is 0 Å². The molecule has 0 fully saturated rings. The second-order valence-corrected chi connectivity index (χ2v) is 5.00. The van der Waals surface area contributed by atoms with Crippen molar-refractivity contribution in [1.82, 2.24) is 0 Å². The van der Waals surface area contributed by atoms with Crippen molar-refractivity contribution in [2.75, 3.05) is 4.90 Å². The highest BCUT2D eigenvalue weighted by molar-refractivity contribution is 7.81. The van der Waals surface area contributed by atoms with Gasteiger partial charge in [0, 0.05) is 17.0 Å². The van der Waals surface area contributed by atoms with E-state index in [-0.39, 0.29) is 0 Å². The molecular formula is C15H15NS. The first-order valence-electron chi connectivity index (χ1n) is 6.09. The zero-order valence-corrected chi connectivity index (χ0v) is 10.9. The molecule has 0 radical (unpaired) electrons.